The zero-order valence-electron chi connectivity index (χ0n) is 16.1. The summed E-state index contributed by atoms with van der Waals surface area (Å²) >= 11 is 0. The van der Waals surface area contributed by atoms with Gasteiger partial charge in [0.15, 0.2) is 11.5 Å². The third-order valence-corrected chi connectivity index (χ3v) is 5.34. The lowest BCUT2D eigenvalue weighted by Crippen LogP contribution is -2.34. The summed E-state index contributed by atoms with van der Waals surface area (Å²) in [6.07, 6.45) is 2.20. The molecule has 1 N–H and O–H groups in total. The highest BCUT2D eigenvalue weighted by Gasteiger charge is 2.26. The first-order chi connectivity index (χ1) is 12.7. The standard InChI is InChI=1S/C22H30N2O2/c1-17(19-7-5-4-6-8-19)24-14-12-20(16-24)23-13-11-18-9-10-21(25-2)22(15-18)26-3/h4-10,15,17,20,23H,11-14,16H2,1-3H3/t17-,20-/m0/s1. The summed E-state index contributed by atoms with van der Waals surface area (Å²) in [5.74, 6) is 1.58. The van der Waals surface area contributed by atoms with Crippen molar-refractivity contribution in [3.8, 4) is 11.5 Å². The molecule has 1 saturated heterocycles. The smallest absolute Gasteiger partial charge is 0.160 e. The Kier molecular flexibility index (Phi) is 6.53. The quantitative estimate of drug-likeness (QED) is 0.784. The Morgan fingerprint density at radius 2 is 1.85 bits per heavy atom. The predicted molar refractivity (Wildman–Crippen MR) is 106 cm³/mol. The van der Waals surface area contributed by atoms with Gasteiger partial charge in [0, 0.05) is 25.2 Å². The van der Waals surface area contributed by atoms with E-state index in [1.807, 2.05) is 6.07 Å². The van der Waals surface area contributed by atoms with Gasteiger partial charge in [0.25, 0.3) is 0 Å². The molecule has 2 aromatic rings. The molecule has 0 radical (unpaired) electrons. The van der Waals surface area contributed by atoms with E-state index in [1.165, 1.54) is 17.5 Å². The van der Waals surface area contributed by atoms with Crippen molar-refractivity contribution in [3.05, 3.63) is 59.7 Å². The zero-order chi connectivity index (χ0) is 18.4. The van der Waals surface area contributed by atoms with Crippen molar-refractivity contribution in [1.82, 2.24) is 10.2 Å². The molecule has 0 unspecified atom stereocenters. The minimum absolute atomic E-state index is 0.480. The van der Waals surface area contributed by atoms with E-state index < -0.39 is 0 Å². The highest BCUT2D eigenvalue weighted by Crippen LogP contribution is 2.28. The van der Waals surface area contributed by atoms with Crippen LogP contribution in [0.5, 0.6) is 11.5 Å². The molecule has 0 aromatic heterocycles. The minimum Gasteiger partial charge on any atom is -0.493 e. The van der Waals surface area contributed by atoms with Crippen LogP contribution in [0.2, 0.25) is 0 Å². The minimum atomic E-state index is 0.480. The number of nitrogens with zero attached hydrogens (tertiary/aromatic N) is 1. The lowest BCUT2D eigenvalue weighted by molar-refractivity contribution is 0.256. The highest BCUT2D eigenvalue weighted by atomic mass is 16.5. The topological polar surface area (TPSA) is 33.7 Å². The van der Waals surface area contributed by atoms with Crippen LogP contribution < -0.4 is 14.8 Å². The van der Waals surface area contributed by atoms with E-state index in [2.05, 4.69) is 59.6 Å². The van der Waals surface area contributed by atoms with E-state index in [9.17, 15) is 0 Å². The van der Waals surface area contributed by atoms with Gasteiger partial charge in [0.2, 0.25) is 0 Å². The van der Waals surface area contributed by atoms with Gasteiger partial charge in [-0.15, -0.1) is 0 Å². The number of hydrogen-bond acceptors (Lipinski definition) is 4. The average molecular weight is 354 g/mol. The van der Waals surface area contributed by atoms with Gasteiger partial charge in [-0.05, 0) is 49.6 Å². The van der Waals surface area contributed by atoms with Crippen molar-refractivity contribution in [1.29, 1.82) is 0 Å². The zero-order valence-corrected chi connectivity index (χ0v) is 16.1. The molecule has 0 amide bonds. The number of nitrogens with one attached hydrogen (secondary N) is 1. The van der Waals surface area contributed by atoms with Crippen LogP contribution in [0.25, 0.3) is 0 Å². The van der Waals surface area contributed by atoms with Crippen molar-refractivity contribution in [2.75, 3.05) is 33.9 Å². The number of hydrogen-bond donors (Lipinski definition) is 1. The first-order valence-corrected chi connectivity index (χ1v) is 9.44. The number of rotatable bonds is 8. The fourth-order valence-corrected chi connectivity index (χ4v) is 3.70. The van der Waals surface area contributed by atoms with Crippen molar-refractivity contribution < 1.29 is 9.47 Å². The van der Waals surface area contributed by atoms with Crippen molar-refractivity contribution >= 4 is 0 Å². The maximum atomic E-state index is 5.39. The maximum absolute atomic E-state index is 5.39. The number of benzene rings is 2. The van der Waals surface area contributed by atoms with Crippen LogP contribution in [0.4, 0.5) is 0 Å². The van der Waals surface area contributed by atoms with Crippen LogP contribution in [0.1, 0.15) is 30.5 Å². The van der Waals surface area contributed by atoms with E-state index >= 15 is 0 Å². The van der Waals surface area contributed by atoms with Gasteiger partial charge in [-0.1, -0.05) is 36.4 Å². The fraction of sp³-hybridized carbons (Fsp3) is 0.455. The Bertz CT molecular complexity index is 690. The molecule has 2 aromatic carbocycles. The van der Waals surface area contributed by atoms with Crippen LogP contribution in [-0.4, -0.2) is 44.8 Å². The first-order valence-electron chi connectivity index (χ1n) is 9.44. The second-order valence-electron chi connectivity index (χ2n) is 6.96. The van der Waals surface area contributed by atoms with E-state index in [0.717, 1.165) is 37.6 Å². The van der Waals surface area contributed by atoms with Gasteiger partial charge < -0.3 is 14.8 Å². The van der Waals surface area contributed by atoms with Crippen LogP contribution in [0, 0.1) is 0 Å². The van der Waals surface area contributed by atoms with Crippen molar-refractivity contribution in [2.24, 2.45) is 0 Å². The Hall–Kier alpha value is -2.04. The molecule has 26 heavy (non-hydrogen) atoms. The molecule has 2 atom stereocenters. The predicted octanol–water partition coefficient (Wildman–Crippen LogP) is 3.67. The molecule has 0 spiro atoms. The molecular weight excluding hydrogens is 324 g/mol. The molecule has 0 saturated carbocycles. The van der Waals surface area contributed by atoms with Gasteiger partial charge in [-0.3, -0.25) is 4.90 Å². The third-order valence-electron chi connectivity index (χ3n) is 5.34. The summed E-state index contributed by atoms with van der Waals surface area (Å²) in [5, 5.41) is 3.72. The molecule has 0 aliphatic carbocycles. The fourth-order valence-electron chi connectivity index (χ4n) is 3.70. The lowest BCUT2D eigenvalue weighted by Gasteiger charge is -2.25. The molecule has 3 rings (SSSR count). The molecule has 0 bridgehead atoms. The van der Waals surface area contributed by atoms with Crippen LogP contribution >= 0.6 is 0 Å². The van der Waals surface area contributed by atoms with Crippen molar-refractivity contribution in [2.45, 2.75) is 31.8 Å². The second kappa shape index (κ2) is 9.06. The first kappa shape index (κ1) is 18.7. The van der Waals surface area contributed by atoms with Crippen LogP contribution in [-0.2, 0) is 6.42 Å². The summed E-state index contributed by atoms with van der Waals surface area (Å²) in [6.45, 7) is 5.56. The summed E-state index contributed by atoms with van der Waals surface area (Å²) < 4.78 is 10.7. The summed E-state index contributed by atoms with van der Waals surface area (Å²) in [5.41, 5.74) is 2.67. The Balaban J connectivity index is 1.46. The highest BCUT2D eigenvalue weighted by molar-refractivity contribution is 5.42. The molecule has 140 valence electrons. The molecule has 1 aliphatic rings. The Morgan fingerprint density at radius 1 is 1.08 bits per heavy atom. The van der Waals surface area contributed by atoms with Gasteiger partial charge in [0.1, 0.15) is 0 Å². The molecule has 1 aliphatic heterocycles. The SMILES string of the molecule is COc1ccc(CCN[C@H]2CCN([C@@H](C)c3ccccc3)C2)cc1OC. The molecule has 1 heterocycles. The number of likely N-dealkylation sites (tertiary alicyclic amines) is 1. The normalized spacial score (nSPS) is 18.7. The summed E-state index contributed by atoms with van der Waals surface area (Å²) in [6, 6.07) is 18.0. The number of ether oxygens (including phenoxy) is 2. The molecule has 4 nitrogen and oxygen atoms in total. The second-order valence-corrected chi connectivity index (χ2v) is 6.96. The Labute approximate surface area is 157 Å². The summed E-state index contributed by atoms with van der Waals surface area (Å²) in [7, 11) is 3.35. The van der Waals surface area contributed by atoms with Gasteiger partial charge in [-0.25, -0.2) is 0 Å². The van der Waals surface area contributed by atoms with Crippen LogP contribution in [0.15, 0.2) is 48.5 Å². The molecular formula is C22H30N2O2. The third kappa shape index (κ3) is 4.57. The monoisotopic (exact) mass is 354 g/mol. The maximum Gasteiger partial charge on any atom is 0.160 e. The molecule has 4 heteroatoms. The van der Waals surface area contributed by atoms with Crippen molar-refractivity contribution in [3.63, 3.8) is 0 Å². The van der Waals surface area contributed by atoms with Crippen LogP contribution in [0.3, 0.4) is 0 Å². The number of methoxy groups -OCH3 is 2. The summed E-state index contributed by atoms with van der Waals surface area (Å²) in [4.78, 5) is 2.57. The van der Waals surface area contributed by atoms with Gasteiger partial charge in [0.05, 0.1) is 14.2 Å². The van der Waals surface area contributed by atoms with E-state index in [-0.39, 0.29) is 0 Å². The molecule has 1 fully saturated rings. The average Bonchev–Trinajstić information content (AvgIpc) is 3.16. The Morgan fingerprint density at radius 3 is 2.58 bits per heavy atom. The van der Waals surface area contributed by atoms with E-state index in [4.69, 9.17) is 9.47 Å². The van der Waals surface area contributed by atoms with Gasteiger partial charge in [-0.2, -0.15) is 0 Å². The lowest BCUT2D eigenvalue weighted by atomic mass is 10.1. The largest absolute Gasteiger partial charge is 0.493 e. The van der Waals surface area contributed by atoms with E-state index in [1.54, 1.807) is 14.2 Å². The van der Waals surface area contributed by atoms with E-state index in [0.29, 0.717) is 12.1 Å². The van der Waals surface area contributed by atoms with Gasteiger partial charge >= 0.3 is 0 Å².